The number of rotatable bonds is 6. The first-order valence-corrected chi connectivity index (χ1v) is 9.51. The predicted octanol–water partition coefficient (Wildman–Crippen LogP) is 2.82. The van der Waals surface area contributed by atoms with E-state index >= 15 is 0 Å². The van der Waals surface area contributed by atoms with E-state index in [9.17, 15) is 17.6 Å². The van der Waals surface area contributed by atoms with E-state index in [-0.39, 0.29) is 4.90 Å². The van der Waals surface area contributed by atoms with Crippen molar-refractivity contribution in [3.05, 3.63) is 54.3 Å². The Morgan fingerprint density at radius 3 is 1.96 bits per heavy atom. The summed E-state index contributed by atoms with van der Waals surface area (Å²) in [6, 6.07) is 9.73. The van der Waals surface area contributed by atoms with Gasteiger partial charge in [0.25, 0.3) is 5.91 Å². The highest BCUT2D eigenvalue weighted by molar-refractivity contribution is 7.89. The molecule has 3 N–H and O–H groups in total. The Morgan fingerprint density at radius 1 is 1.04 bits per heavy atom. The predicted molar refractivity (Wildman–Crippen MR) is 96.4 cm³/mol. The van der Waals surface area contributed by atoms with E-state index < -0.39 is 33.2 Å². The zero-order valence-electron chi connectivity index (χ0n) is 15.1. The molecule has 2 aromatic rings. The quantitative estimate of drug-likeness (QED) is 0.514. The van der Waals surface area contributed by atoms with Crippen LogP contribution >= 0.6 is 0 Å². The fourth-order valence-electron chi connectivity index (χ4n) is 2.24. The van der Waals surface area contributed by atoms with Gasteiger partial charge < -0.3 is 4.74 Å². The standard InChI is InChI=1S/C18H21FN2O5S/c1-18(2,3)16(17(22)20-23)21-27(24,25)15-10-8-14(9-11-15)26-13-6-4-12(19)5-7-13/h4-11,16,21,23H,1-3H3,(H,20,22)/t16-/m1/s1. The molecule has 2 rings (SSSR count). The van der Waals surface area contributed by atoms with Gasteiger partial charge in [-0.15, -0.1) is 0 Å². The van der Waals surface area contributed by atoms with Gasteiger partial charge in [0.1, 0.15) is 23.4 Å². The molecule has 0 fully saturated rings. The molecule has 1 atom stereocenters. The van der Waals surface area contributed by atoms with Crippen molar-refractivity contribution >= 4 is 15.9 Å². The summed E-state index contributed by atoms with van der Waals surface area (Å²) in [4.78, 5) is 11.7. The molecule has 27 heavy (non-hydrogen) atoms. The Bertz CT molecular complexity index is 891. The Kier molecular flexibility index (Phi) is 6.19. The molecule has 146 valence electrons. The van der Waals surface area contributed by atoms with E-state index in [1.165, 1.54) is 54.0 Å². The van der Waals surface area contributed by atoms with Gasteiger partial charge >= 0.3 is 0 Å². The molecule has 7 nitrogen and oxygen atoms in total. The SMILES string of the molecule is CC(C)(C)[C@H](NS(=O)(=O)c1ccc(Oc2ccc(F)cc2)cc1)C(=O)NO. The molecule has 0 aliphatic heterocycles. The Balaban J connectivity index is 2.18. The third kappa shape index (κ3) is 5.49. The number of ether oxygens (including phenoxy) is 1. The first kappa shape index (κ1) is 20.8. The minimum absolute atomic E-state index is 0.0751. The van der Waals surface area contributed by atoms with E-state index in [0.29, 0.717) is 11.5 Å². The van der Waals surface area contributed by atoms with Crippen molar-refractivity contribution in [3.63, 3.8) is 0 Å². The number of hydrogen-bond donors (Lipinski definition) is 3. The van der Waals surface area contributed by atoms with E-state index in [1.807, 2.05) is 0 Å². The number of carbonyl (C=O) groups excluding carboxylic acids is 1. The van der Waals surface area contributed by atoms with Crippen LogP contribution in [0.5, 0.6) is 11.5 Å². The van der Waals surface area contributed by atoms with Gasteiger partial charge in [-0.1, -0.05) is 20.8 Å². The van der Waals surface area contributed by atoms with E-state index in [1.54, 1.807) is 20.8 Å². The Hall–Kier alpha value is -2.49. The Morgan fingerprint density at radius 2 is 1.52 bits per heavy atom. The van der Waals surface area contributed by atoms with Crippen molar-refractivity contribution in [2.45, 2.75) is 31.7 Å². The van der Waals surface area contributed by atoms with Gasteiger partial charge in [-0.3, -0.25) is 10.0 Å². The monoisotopic (exact) mass is 396 g/mol. The van der Waals surface area contributed by atoms with Gasteiger partial charge in [0.2, 0.25) is 10.0 Å². The molecule has 0 aliphatic rings. The summed E-state index contributed by atoms with van der Waals surface area (Å²) >= 11 is 0. The van der Waals surface area contributed by atoms with Crippen LogP contribution < -0.4 is 14.9 Å². The molecule has 0 saturated carbocycles. The third-order valence-corrected chi connectivity index (χ3v) is 5.13. The summed E-state index contributed by atoms with van der Waals surface area (Å²) in [6.07, 6.45) is 0. The van der Waals surface area contributed by atoms with Gasteiger partial charge in [0.15, 0.2) is 0 Å². The van der Waals surface area contributed by atoms with E-state index in [2.05, 4.69) is 4.72 Å². The largest absolute Gasteiger partial charge is 0.457 e. The number of benzene rings is 2. The second-order valence-electron chi connectivity index (χ2n) is 6.92. The number of carbonyl (C=O) groups is 1. The average molecular weight is 396 g/mol. The van der Waals surface area contributed by atoms with Crippen molar-refractivity contribution in [2.24, 2.45) is 5.41 Å². The minimum Gasteiger partial charge on any atom is -0.457 e. The fraction of sp³-hybridized carbons (Fsp3) is 0.278. The van der Waals surface area contributed by atoms with Gasteiger partial charge in [-0.2, -0.15) is 4.72 Å². The number of halogens is 1. The summed E-state index contributed by atoms with van der Waals surface area (Å²) in [7, 11) is -4.02. The Labute approximate surface area is 157 Å². The lowest BCUT2D eigenvalue weighted by molar-refractivity contribution is -0.133. The summed E-state index contributed by atoms with van der Waals surface area (Å²) in [5.41, 5.74) is 0.701. The molecule has 0 saturated heterocycles. The first-order chi connectivity index (χ1) is 12.5. The molecule has 1 amide bonds. The van der Waals surface area contributed by atoms with Gasteiger partial charge in [-0.25, -0.2) is 18.3 Å². The fourth-order valence-corrected chi connectivity index (χ4v) is 3.64. The third-order valence-electron chi connectivity index (χ3n) is 3.69. The van der Waals surface area contributed by atoms with Crippen LogP contribution in [0.1, 0.15) is 20.8 Å². The first-order valence-electron chi connectivity index (χ1n) is 8.03. The highest BCUT2D eigenvalue weighted by Gasteiger charge is 2.35. The normalized spacial score (nSPS) is 13.1. The lowest BCUT2D eigenvalue weighted by Gasteiger charge is -2.29. The van der Waals surface area contributed by atoms with E-state index in [0.717, 1.165) is 0 Å². The van der Waals surface area contributed by atoms with Crippen LogP contribution in [-0.4, -0.2) is 25.6 Å². The van der Waals surface area contributed by atoms with Crippen LogP contribution in [0.15, 0.2) is 53.4 Å². The maximum Gasteiger partial charge on any atom is 0.262 e. The smallest absolute Gasteiger partial charge is 0.262 e. The van der Waals surface area contributed by atoms with Gasteiger partial charge in [0.05, 0.1) is 4.90 Å². The molecular weight excluding hydrogens is 375 g/mol. The molecular formula is C18H21FN2O5S. The van der Waals surface area contributed by atoms with E-state index in [4.69, 9.17) is 9.94 Å². The number of amides is 1. The van der Waals surface area contributed by atoms with Crippen LogP contribution in [0.4, 0.5) is 4.39 Å². The molecule has 0 radical (unpaired) electrons. The molecule has 0 spiro atoms. The number of nitrogens with one attached hydrogen (secondary N) is 2. The number of sulfonamides is 1. The molecule has 0 unspecified atom stereocenters. The summed E-state index contributed by atoms with van der Waals surface area (Å²) in [5.74, 6) is -0.490. The molecule has 0 bridgehead atoms. The lowest BCUT2D eigenvalue weighted by Crippen LogP contribution is -2.52. The van der Waals surface area contributed by atoms with Crippen LogP contribution in [0.25, 0.3) is 0 Å². The highest BCUT2D eigenvalue weighted by Crippen LogP contribution is 2.25. The summed E-state index contributed by atoms with van der Waals surface area (Å²) in [6.45, 7) is 4.99. The average Bonchev–Trinajstić information content (AvgIpc) is 2.60. The second kappa shape index (κ2) is 8.03. The molecule has 0 aromatic heterocycles. The molecule has 0 heterocycles. The van der Waals surface area contributed by atoms with Crippen molar-refractivity contribution in [3.8, 4) is 11.5 Å². The van der Waals surface area contributed by atoms with Crippen molar-refractivity contribution < 1.29 is 27.5 Å². The maximum absolute atomic E-state index is 12.9. The van der Waals surface area contributed by atoms with Gasteiger partial charge in [-0.05, 0) is 53.9 Å². The van der Waals surface area contributed by atoms with Crippen LogP contribution in [0.3, 0.4) is 0 Å². The van der Waals surface area contributed by atoms with Crippen molar-refractivity contribution in [1.82, 2.24) is 10.2 Å². The molecule has 0 aliphatic carbocycles. The van der Waals surface area contributed by atoms with Crippen LogP contribution in [0.2, 0.25) is 0 Å². The lowest BCUT2D eigenvalue weighted by atomic mass is 9.87. The second-order valence-corrected chi connectivity index (χ2v) is 8.64. The zero-order chi connectivity index (χ0) is 20.2. The topological polar surface area (TPSA) is 105 Å². The van der Waals surface area contributed by atoms with Crippen molar-refractivity contribution in [1.29, 1.82) is 0 Å². The summed E-state index contributed by atoms with van der Waals surface area (Å²) < 4.78 is 45.8. The summed E-state index contributed by atoms with van der Waals surface area (Å²) in [5, 5.41) is 8.86. The van der Waals surface area contributed by atoms with Crippen LogP contribution in [-0.2, 0) is 14.8 Å². The molecule has 9 heteroatoms. The highest BCUT2D eigenvalue weighted by atomic mass is 32.2. The maximum atomic E-state index is 12.9. The minimum atomic E-state index is -4.02. The molecule has 2 aromatic carbocycles. The van der Waals surface area contributed by atoms with Crippen LogP contribution in [0, 0.1) is 11.2 Å². The zero-order valence-corrected chi connectivity index (χ0v) is 15.9. The van der Waals surface area contributed by atoms with Crippen molar-refractivity contribution in [2.75, 3.05) is 0 Å². The van der Waals surface area contributed by atoms with Gasteiger partial charge in [0, 0.05) is 0 Å². The number of hydroxylamine groups is 1. The number of hydrogen-bond acceptors (Lipinski definition) is 5.